The highest BCUT2D eigenvalue weighted by Gasteiger charge is 2.24. The number of aryl methyl sites for hydroxylation is 1. The first-order valence-corrected chi connectivity index (χ1v) is 7.16. The Morgan fingerprint density at radius 3 is 2.83 bits per heavy atom. The molecule has 1 aliphatic heterocycles. The molecule has 0 amide bonds. The summed E-state index contributed by atoms with van der Waals surface area (Å²) < 4.78 is 14.1. The van der Waals surface area contributed by atoms with Gasteiger partial charge in [-0.15, -0.1) is 0 Å². The number of hydrogen-bond acceptors (Lipinski definition) is 1. The van der Waals surface area contributed by atoms with Crippen molar-refractivity contribution < 1.29 is 4.39 Å². The fourth-order valence-corrected chi connectivity index (χ4v) is 2.97. The number of rotatable bonds is 3. The SMILES string of the molecule is CC1c2cc(CCC3CC3)c(F)cc2CCN1C. The second-order valence-corrected chi connectivity index (χ2v) is 6.03. The molecule has 1 atom stereocenters. The van der Waals surface area contributed by atoms with Crippen molar-refractivity contribution in [1.82, 2.24) is 4.90 Å². The number of likely N-dealkylation sites (N-methyl/N-ethyl adjacent to an activating group) is 1. The molecular formula is C16H22FN. The summed E-state index contributed by atoms with van der Waals surface area (Å²) in [4.78, 5) is 2.35. The summed E-state index contributed by atoms with van der Waals surface area (Å²) in [5.41, 5.74) is 3.49. The van der Waals surface area contributed by atoms with Gasteiger partial charge in [0, 0.05) is 12.6 Å². The molecule has 1 fully saturated rings. The predicted octanol–water partition coefficient (Wildman–Crippen LogP) is 3.72. The van der Waals surface area contributed by atoms with E-state index < -0.39 is 0 Å². The zero-order valence-corrected chi connectivity index (χ0v) is 11.4. The van der Waals surface area contributed by atoms with Crippen LogP contribution in [0.4, 0.5) is 4.39 Å². The third kappa shape index (κ3) is 2.31. The number of hydrogen-bond donors (Lipinski definition) is 0. The summed E-state index contributed by atoms with van der Waals surface area (Å²) in [6, 6.07) is 4.35. The molecule has 3 rings (SSSR count). The lowest BCUT2D eigenvalue weighted by Crippen LogP contribution is -2.30. The van der Waals surface area contributed by atoms with E-state index in [1.54, 1.807) is 6.07 Å². The van der Waals surface area contributed by atoms with Crippen molar-refractivity contribution in [3.05, 3.63) is 34.6 Å². The maximum Gasteiger partial charge on any atom is 0.126 e. The van der Waals surface area contributed by atoms with Gasteiger partial charge < -0.3 is 0 Å². The third-order valence-corrected chi connectivity index (χ3v) is 4.67. The maximum absolute atomic E-state index is 14.1. The minimum Gasteiger partial charge on any atom is -0.299 e. The molecule has 2 heteroatoms. The molecule has 1 aliphatic carbocycles. The molecule has 98 valence electrons. The van der Waals surface area contributed by atoms with Gasteiger partial charge in [-0.1, -0.05) is 18.9 Å². The summed E-state index contributed by atoms with van der Waals surface area (Å²) in [5, 5.41) is 0. The largest absolute Gasteiger partial charge is 0.299 e. The van der Waals surface area contributed by atoms with Crippen LogP contribution >= 0.6 is 0 Å². The van der Waals surface area contributed by atoms with Crippen LogP contribution in [0.1, 0.15) is 48.9 Å². The topological polar surface area (TPSA) is 3.24 Å². The second kappa shape index (κ2) is 4.65. The molecule has 0 spiro atoms. The number of benzene rings is 1. The van der Waals surface area contributed by atoms with Crippen LogP contribution in [0.15, 0.2) is 12.1 Å². The molecule has 1 saturated carbocycles. The zero-order chi connectivity index (χ0) is 12.7. The van der Waals surface area contributed by atoms with E-state index in [-0.39, 0.29) is 5.82 Å². The lowest BCUT2D eigenvalue weighted by atomic mass is 9.90. The van der Waals surface area contributed by atoms with Gasteiger partial charge in [0.05, 0.1) is 0 Å². The van der Waals surface area contributed by atoms with Crippen molar-refractivity contribution in [1.29, 1.82) is 0 Å². The summed E-state index contributed by atoms with van der Waals surface area (Å²) in [7, 11) is 2.15. The fourth-order valence-electron chi connectivity index (χ4n) is 2.97. The first-order valence-electron chi connectivity index (χ1n) is 7.16. The van der Waals surface area contributed by atoms with E-state index >= 15 is 0 Å². The van der Waals surface area contributed by atoms with Crippen molar-refractivity contribution in [3.63, 3.8) is 0 Å². The lowest BCUT2D eigenvalue weighted by molar-refractivity contribution is 0.247. The Balaban J connectivity index is 1.86. The molecular weight excluding hydrogens is 225 g/mol. The van der Waals surface area contributed by atoms with Crippen molar-refractivity contribution in [2.24, 2.45) is 5.92 Å². The quantitative estimate of drug-likeness (QED) is 0.787. The molecule has 0 aromatic heterocycles. The van der Waals surface area contributed by atoms with Crippen LogP contribution in [0.3, 0.4) is 0 Å². The number of halogens is 1. The minimum atomic E-state index is 0.0196. The van der Waals surface area contributed by atoms with E-state index in [1.807, 2.05) is 0 Å². The first-order chi connectivity index (χ1) is 8.65. The smallest absolute Gasteiger partial charge is 0.126 e. The predicted molar refractivity (Wildman–Crippen MR) is 72.2 cm³/mol. The highest BCUT2D eigenvalue weighted by molar-refractivity contribution is 5.37. The van der Waals surface area contributed by atoms with Gasteiger partial charge in [-0.3, -0.25) is 4.90 Å². The summed E-state index contributed by atoms with van der Waals surface area (Å²) in [6.45, 7) is 3.26. The molecule has 1 nitrogen and oxygen atoms in total. The van der Waals surface area contributed by atoms with Crippen LogP contribution in [0.2, 0.25) is 0 Å². The van der Waals surface area contributed by atoms with Gasteiger partial charge in [0.25, 0.3) is 0 Å². The van der Waals surface area contributed by atoms with Gasteiger partial charge in [0.1, 0.15) is 5.82 Å². The standard InChI is InChI=1S/C16H22FN/c1-11-15-9-14(6-5-12-3-4-12)16(17)10-13(15)7-8-18(11)2/h9-12H,3-8H2,1-2H3. The second-order valence-electron chi connectivity index (χ2n) is 6.03. The Kier molecular flexibility index (Phi) is 3.14. The lowest BCUT2D eigenvalue weighted by Gasteiger charge is -2.32. The van der Waals surface area contributed by atoms with Gasteiger partial charge in [-0.2, -0.15) is 0 Å². The molecule has 2 aliphatic rings. The highest BCUT2D eigenvalue weighted by atomic mass is 19.1. The van der Waals surface area contributed by atoms with Gasteiger partial charge >= 0.3 is 0 Å². The van der Waals surface area contributed by atoms with E-state index in [0.717, 1.165) is 30.9 Å². The Morgan fingerprint density at radius 1 is 1.33 bits per heavy atom. The van der Waals surface area contributed by atoms with Crippen LogP contribution < -0.4 is 0 Å². The van der Waals surface area contributed by atoms with Crippen LogP contribution in [0.25, 0.3) is 0 Å². The minimum absolute atomic E-state index is 0.0196. The average molecular weight is 247 g/mol. The Morgan fingerprint density at radius 2 is 2.11 bits per heavy atom. The van der Waals surface area contributed by atoms with Gasteiger partial charge in [0.15, 0.2) is 0 Å². The maximum atomic E-state index is 14.1. The van der Waals surface area contributed by atoms with Gasteiger partial charge in [-0.05, 0) is 61.9 Å². The van der Waals surface area contributed by atoms with E-state index in [0.29, 0.717) is 6.04 Å². The monoisotopic (exact) mass is 247 g/mol. The molecule has 1 unspecified atom stereocenters. The summed E-state index contributed by atoms with van der Waals surface area (Å²) >= 11 is 0. The normalized spacial score (nSPS) is 24.1. The van der Waals surface area contributed by atoms with Crippen LogP contribution in [0, 0.1) is 11.7 Å². The van der Waals surface area contributed by atoms with Crippen LogP contribution in [0.5, 0.6) is 0 Å². The Bertz CT molecular complexity index is 451. The van der Waals surface area contributed by atoms with Crippen LogP contribution in [-0.2, 0) is 12.8 Å². The molecule has 1 aromatic rings. The Hall–Kier alpha value is -0.890. The molecule has 0 N–H and O–H groups in total. The van der Waals surface area contributed by atoms with Crippen LogP contribution in [-0.4, -0.2) is 18.5 Å². The van der Waals surface area contributed by atoms with E-state index in [2.05, 4.69) is 24.9 Å². The third-order valence-electron chi connectivity index (χ3n) is 4.67. The molecule has 18 heavy (non-hydrogen) atoms. The number of fused-ring (bicyclic) bond motifs is 1. The highest BCUT2D eigenvalue weighted by Crippen LogP contribution is 2.35. The molecule has 0 saturated heterocycles. The van der Waals surface area contributed by atoms with Crippen molar-refractivity contribution >= 4 is 0 Å². The molecule has 1 heterocycles. The molecule has 1 aromatic carbocycles. The number of nitrogens with zero attached hydrogens (tertiary/aromatic N) is 1. The zero-order valence-electron chi connectivity index (χ0n) is 11.4. The van der Waals surface area contributed by atoms with Gasteiger partial charge in [0.2, 0.25) is 0 Å². The summed E-state index contributed by atoms with van der Waals surface area (Å²) in [5.74, 6) is 0.895. The molecule has 0 bridgehead atoms. The van der Waals surface area contributed by atoms with E-state index in [4.69, 9.17) is 0 Å². The average Bonchev–Trinajstić information content (AvgIpc) is 3.16. The molecule has 0 radical (unpaired) electrons. The first kappa shape index (κ1) is 12.2. The van der Waals surface area contributed by atoms with Crippen molar-refractivity contribution in [3.8, 4) is 0 Å². The summed E-state index contributed by atoms with van der Waals surface area (Å²) in [6.07, 6.45) is 5.77. The van der Waals surface area contributed by atoms with Crippen molar-refractivity contribution in [2.45, 2.75) is 45.1 Å². The van der Waals surface area contributed by atoms with Crippen molar-refractivity contribution in [2.75, 3.05) is 13.6 Å². The Labute approximate surface area is 109 Å². The van der Waals surface area contributed by atoms with E-state index in [1.165, 1.54) is 30.4 Å². The fraction of sp³-hybridized carbons (Fsp3) is 0.625. The van der Waals surface area contributed by atoms with Gasteiger partial charge in [-0.25, -0.2) is 4.39 Å². The van der Waals surface area contributed by atoms with E-state index in [9.17, 15) is 4.39 Å².